The monoisotopic (exact) mass is 370 g/mol. The minimum atomic E-state index is -3.72. The van der Waals surface area contributed by atoms with Crippen molar-refractivity contribution in [3.05, 3.63) is 24.3 Å². The molecule has 0 spiro atoms. The molecule has 0 radical (unpaired) electrons. The maximum atomic E-state index is 12.7. The van der Waals surface area contributed by atoms with Crippen LogP contribution in [0.1, 0.15) is 19.8 Å². The Labute approximate surface area is 146 Å². The zero-order chi connectivity index (χ0) is 18.6. The zero-order valence-electron chi connectivity index (χ0n) is 14.1. The van der Waals surface area contributed by atoms with Crippen molar-refractivity contribution in [2.45, 2.75) is 30.7 Å². The average Bonchev–Trinajstić information content (AvgIpc) is 2.61. The summed E-state index contributed by atoms with van der Waals surface area (Å²) in [7, 11) is -2.22. The van der Waals surface area contributed by atoms with Gasteiger partial charge in [-0.1, -0.05) is 0 Å². The van der Waals surface area contributed by atoms with Gasteiger partial charge >= 0.3 is 5.97 Å². The molecule has 0 bridgehead atoms. The number of sulfonamides is 1. The van der Waals surface area contributed by atoms with Crippen LogP contribution in [0.4, 0.5) is 0 Å². The second-order valence-corrected chi connectivity index (χ2v) is 7.88. The molecule has 1 amide bonds. The van der Waals surface area contributed by atoms with Gasteiger partial charge in [0.1, 0.15) is 11.8 Å². The molecular formula is C16H22N2O6S. The minimum absolute atomic E-state index is 0.0343. The van der Waals surface area contributed by atoms with Gasteiger partial charge in [0, 0.05) is 13.1 Å². The largest absolute Gasteiger partial charge is 0.497 e. The molecule has 0 aromatic heterocycles. The maximum absolute atomic E-state index is 12.7. The number of piperidine rings is 1. The summed E-state index contributed by atoms with van der Waals surface area (Å²) in [6.07, 6.45) is 1.06. The molecule has 1 aliphatic rings. The fourth-order valence-corrected chi connectivity index (χ4v) is 4.19. The van der Waals surface area contributed by atoms with E-state index in [9.17, 15) is 18.0 Å². The molecule has 138 valence electrons. The molecule has 0 unspecified atom stereocenters. The van der Waals surface area contributed by atoms with E-state index in [1.54, 1.807) is 12.1 Å². The van der Waals surface area contributed by atoms with E-state index in [2.05, 4.69) is 5.32 Å². The molecule has 1 fully saturated rings. The van der Waals surface area contributed by atoms with E-state index >= 15 is 0 Å². The van der Waals surface area contributed by atoms with E-state index in [-0.39, 0.29) is 11.4 Å². The van der Waals surface area contributed by atoms with Crippen LogP contribution in [0.15, 0.2) is 29.2 Å². The van der Waals surface area contributed by atoms with Gasteiger partial charge < -0.3 is 15.2 Å². The Balaban J connectivity index is 2.11. The number of carbonyl (C=O) groups excluding carboxylic acids is 1. The standard InChI is InChI=1S/C16H22N2O6S/c1-11(16(20)21)17-15(19)12-4-3-9-18(10-12)25(22,23)14-7-5-13(24-2)6-8-14/h5-8,11-12H,3-4,9-10H2,1-2H3,(H,17,19)(H,20,21)/t11-,12+/m1/s1. The van der Waals surface area contributed by atoms with Crippen molar-refractivity contribution in [2.24, 2.45) is 5.92 Å². The third kappa shape index (κ3) is 4.49. The fourth-order valence-electron chi connectivity index (χ4n) is 2.66. The van der Waals surface area contributed by atoms with Gasteiger partial charge in [-0.3, -0.25) is 9.59 Å². The Morgan fingerprint density at radius 3 is 2.52 bits per heavy atom. The molecule has 0 saturated carbocycles. The van der Waals surface area contributed by atoms with Crippen LogP contribution in [0.5, 0.6) is 5.75 Å². The van der Waals surface area contributed by atoms with Crippen LogP contribution < -0.4 is 10.1 Å². The summed E-state index contributed by atoms with van der Waals surface area (Å²) in [6.45, 7) is 1.73. The molecule has 2 N–H and O–H groups in total. The smallest absolute Gasteiger partial charge is 0.325 e. The summed E-state index contributed by atoms with van der Waals surface area (Å²) < 4.78 is 31.8. The van der Waals surface area contributed by atoms with Crippen molar-refractivity contribution in [3.63, 3.8) is 0 Å². The maximum Gasteiger partial charge on any atom is 0.325 e. The minimum Gasteiger partial charge on any atom is -0.497 e. The van der Waals surface area contributed by atoms with Gasteiger partial charge in [-0.15, -0.1) is 0 Å². The molecule has 1 heterocycles. The lowest BCUT2D eigenvalue weighted by Gasteiger charge is -2.31. The summed E-state index contributed by atoms with van der Waals surface area (Å²) in [5, 5.41) is 11.3. The van der Waals surface area contributed by atoms with Gasteiger partial charge in [-0.2, -0.15) is 4.31 Å². The number of nitrogens with one attached hydrogen (secondary N) is 1. The van der Waals surface area contributed by atoms with Crippen LogP contribution in [-0.2, 0) is 19.6 Å². The highest BCUT2D eigenvalue weighted by Crippen LogP contribution is 2.25. The van der Waals surface area contributed by atoms with Crippen LogP contribution >= 0.6 is 0 Å². The quantitative estimate of drug-likeness (QED) is 0.762. The lowest BCUT2D eigenvalue weighted by Crippen LogP contribution is -2.48. The highest BCUT2D eigenvalue weighted by molar-refractivity contribution is 7.89. The van der Waals surface area contributed by atoms with Crippen molar-refractivity contribution < 1.29 is 27.9 Å². The van der Waals surface area contributed by atoms with Crippen molar-refractivity contribution >= 4 is 21.9 Å². The number of amides is 1. The molecule has 1 aromatic rings. The molecule has 2 atom stereocenters. The Morgan fingerprint density at radius 2 is 1.96 bits per heavy atom. The molecule has 1 saturated heterocycles. The van der Waals surface area contributed by atoms with Crippen LogP contribution in [-0.4, -0.2) is 55.9 Å². The van der Waals surface area contributed by atoms with E-state index in [1.165, 1.54) is 30.5 Å². The second kappa shape index (κ2) is 7.83. The fraction of sp³-hybridized carbons (Fsp3) is 0.500. The van der Waals surface area contributed by atoms with Crippen LogP contribution in [0.25, 0.3) is 0 Å². The normalized spacial score (nSPS) is 19.8. The summed E-state index contributed by atoms with van der Waals surface area (Å²) >= 11 is 0. The molecule has 1 aliphatic heterocycles. The van der Waals surface area contributed by atoms with Gasteiger partial charge in [-0.25, -0.2) is 8.42 Å². The average molecular weight is 370 g/mol. The van der Waals surface area contributed by atoms with Gasteiger partial charge in [0.25, 0.3) is 0 Å². The predicted molar refractivity (Wildman–Crippen MR) is 89.7 cm³/mol. The zero-order valence-corrected chi connectivity index (χ0v) is 15.0. The number of carbonyl (C=O) groups is 2. The Kier molecular flexibility index (Phi) is 6.02. The Bertz CT molecular complexity index is 731. The van der Waals surface area contributed by atoms with E-state index in [1.807, 2.05) is 0 Å². The van der Waals surface area contributed by atoms with Crippen LogP contribution in [0.3, 0.4) is 0 Å². The summed E-state index contributed by atoms with van der Waals surface area (Å²) in [4.78, 5) is 23.2. The number of carboxylic acid groups (broad SMARTS) is 1. The first-order valence-corrected chi connectivity index (χ1v) is 9.37. The highest BCUT2D eigenvalue weighted by atomic mass is 32.2. The number of aliphatic carboxylic acids is 1. The number of rotatable bonds is 6. The number of nitrogens with zero attached hydrogens (tertiary/aromatic N) is 1. The first kappa shape index (κ1) is 19.2. The molecule has 25 heavy (non-hydrogen) atoms. The summed E-state index contributed by atoms with van der Waals surface area (Å²) in [6, 6.07) is 5.04. The Hall–Kier alpha value is -2.13. The van der Waals surface area contributed by atoms with E-state index in [4.69, 9.17) is 9.84 Å². The molecule has 2 rings (SSSR count). The first-order valence-electron chi connectivity index (χ1n) is 7.93. The Morgan fingerprint density at radius 1 is 1.32 bits per heavy atom. The number of hydrogen-bond donors (Lipinski definition) is 2. The lowest BCUT2D eigenvalue weighted by atomic mass is 9.98. The number of methoxy groups -OCH3 is 1. The third-order valence-corrected chi connectivity index (χ3v) is 6.06. The number of carboxylic acids is 1. The highest BCUT2D eigenvalue weighted by Gasteiger charge is 2.34. The van der Waals surface area contributed by atoms with Gasteiger partial charge in [0.2, 0.25) is 15.9 Å². The predicted octanol–water partition coefficient (Wildman–Crippen LogP) is 0.685. The summed E-state index contributed by atoms with van der Waals surface area (Å²) in [5.41, 5.74) is 0. The lowest BCUT2D eigenvalue weighted by molar-refractivity contribution is -0.142. The molecule has 1 aromatic carbocycles. The van der Waals surface area contributed by atoms with Crippen LogP contribution in [0, 0.1) is 5.92 Å². The number of ether oxygens (including phenoxy) is 1. The SMILES string of the molecule is COc1ccc(S(=O)(=O)N2CCC[C@H](C(=O)N[C@H](C)C(=O)O)C2)cc1. The topological polar surface area (TPSA) is 113 Å². The van der Waals surface area contributed by atoms with Crippen molar-refractivity contribution in [1.82, 2.24) is 9.62 Å². The van der Waals surface area contributed by atoms with E-state index < -0.39 is 33.9 Å². The third-order valence-electron chi connectivity index (χ3n) is 4.18. The number of benzene rings is 1. The van der Waals surface area contributed by atoms with Crippen LogP contribution in [0.2, 0.25) is 0 Å². The van der Waals surface area contributed by atoms with E-state index in [0.717, 1.165) is 0 Å². The van der Waals surface area contributed by atoms with Gasteiger partial charge in [-0.05, 0) is 44.0 Å². The second-order valence-electron chi connectivity index (χ2n) is 5.95. The first-order chi connectivity index (χ1) is 11.8. The van der Waals surface area contributed by atoms with Crippen molar-refractivity contribution in [3.8, 4) is 5.75 Å². The van der Waals surface area contributed by atoms with Crippen molar-refractivity contribution in [2.75, 3.05) is 20.2 Å². The molecule has 9 heteroatoms. The van der Waals surface area contributed by atoms with E-state index in [0.29, 0.717) is 25.1 Å². The number of hydrogen-bond acceptors (Lipinski definition) is 5. The summed E-state index contributed by atoms with van der Waals surface area (Å²) in [5.74, 6) is -1.59. The molecule has 0 aliphatic carbocycles. The molecular weight excluding hydrogens is 348 g/mol. The van der Waals surface area contributed by atoms with Crippen molar-refractivity contribution in [1.29, 1.82) is 0 Å². The molecule has 8 nitrogen and oxygen atoms in total. The van der Waals surface area contributed by atoms with Gasteiger partial charge in [0.15, 0.2) is 0 Å². The van der Waals surface area contributed by atoms with Gasteiger partial charge in [0.05, 0.1) is 17.9 Å².